The molecule has 0 atom stereocenters. The lowest BCUT2D eigenvalue weighted by Crippen LogP contribution is -1.83. The van der Waals surface area contributed by atoms with Crippen molar-refractivity contribution in [3.8, 4) is 12.3 Å². The van der Waals surface area contributed by atoms with Crippen LogP contribution in [0.1, 0.15) is 12.5 Å². The maximum absolute atomic E-state index is 12.7. The van der Waals surface area contributed by atoms with Crippen molar-refractivity contribution >= 4 is 28.6 Å². The predicted molar refractivity (Wildman–Crippen MR) is 57.4 cm³/mol. The Kier molecular flexibility index (Phi) is 2.78. The van der Waals surface area contributed by atoms with E-state index in [9.17, 15) is 4.39 Å². The van der Waals surface area contributed by atoms with Gasteiger partial charge in [0.2, 0.25) is 0 Å². The van der Waals surface area contributed by atoms with E-state index in [4.69, 9.17) is 7.79 Å². The minimum atomic E-state index is -0.377. The molecule has 0 fully saturated rings. The summed E-state index contributed by atoms with van der Waals surface area (Å²) in [6, 6.07) is 4.37. The van der Waals surface area contributed by atoms with Gasteiger partial charge in [-0.25, -0.2) is 4.39 Å². The second kappa shape index (κ2) is 4.27. The van der Waals surface area contributed by atoms with Gasteiger partial charge in [0, 0.05) is 5.56 Å². The largest absolute Gasteiger partial charge is 0.207 e. The number of terminal acetylenes is 1. The third-order valence-electron chi connectivity index (χ3n) is 1.35. The monoisotopic (exact) mass is 273 g/mol. The van der Waals surface area contributed by atoms with Crippen LogP contribution in [0.15, 0.2) is 22.3 Å². The lowest BCUT2D eigenvalue weighted by atomic mass is 10.1. The van der Waals surface area contributed by atoms with E-state index in [2.05, 4.69) is 5.92 Å². The van der Waals surface area contributed by atoms with E-state index in [0.717, 1.165) is 0 Å². The summed E-state index contributed by atoms with van der Waals surface area (Å²) < 4.78 is 21.8. The van der Waals surface area contributed by atoms with Gasteiger partial charge in [-0.15, -0.1) is 6.42 Å². The molecule has 0 saturated carbocycles. The average molecular weight is 273 g/mol. The second-order valence-electron chi connectivity index (χ2n) is 2.09. The van der Waals surface area contributed by atoms with Gasteiger partial charge in [-0.05, 0) is 27.8 Å². The van der Waals surface area contributed by atoms with Gasteiger partial charge in [0.05, 0.1) is 1.37 Å². The standard InChI is InChI=1S/C10H6FI/c1-2-8-7-10(11)4-3-9(8)5-6-12/h1,3-7H/b6-5+/i5D. The number of halogens is 2. The molecular weight excluding hydrogens is 266 g/mol. The predicted octanol–water partition coefficient (Wildman–Crippen LogP) is 3.21. The van der Waals surface area contributed by atoms with E-state index in [1.807, 2.05) is 22.6 Å². The Morgan fingerprint density at radius 2 is 2.42 bits per heavy atom. The van der Waals surface area contributed by atoms with E-state index in [1.165, 1.54) is 18.2 Å². The van der Waals surface area contributed by atoms with Gasteiger partial charge in [-0.2, -0.15) is 0 Å². The SMILES string of the molecule is [2H]/C(=C\I)c1ccc(F)cc1C#C. The molecule has 0 N–H and O–H groups in total. The van der Waals surface area contributed by atoms with Crippen LogP contribution in [0.3, 0.4) is 0 Å². The van der Waals surface area contributed by atoms with Crippen LogP contribution in [-0.2, 0) is 0 Å². The summed E-state index contributed by atoms with van der Waals surface area (Å²) >= 11 is 1.95. The smallest absolute Gasteiger partial charge is 0.124 e. The fraction of sp³-hybridized carbons (Fsp3) is 0. The van der Waals surface area contributed by atoms with Gasteiger partial charge < -0.3 is 0 Å². The highest BCUT2D eigenvalue weighted by molar-refractivity contribution is 14.1. The quantitative estimate of drug-likeness (QED) is 0.544. The molecule has 0 aliphatic heterocycles. The molecular formula is C10H6FI. The average Bonchev–Trinajstić information content (AvgIpc) is 2.16. The topological polar surface area (TPSA) is 0 Å². The number of rotatable bonds is 1. The lowest BCUT2D eigenvalue weighted by molar-refractivity contribution is 0.627. The Hall–Kier alpha value is -0.820. The van der Waals surface area contributed by atoms with E-state index in [1.54, 1.807) is 4.08 Å². The summed E-state index contributed by atoms with van der Waals surface area (Å²) in [6.07, 6.45) is 5.18. The Bertz CT molecular complexity index is 390. The highest BCUT2D eigenvalue weighted by atomic mass is 127. The summed E-state index contributed by atoms with van der Waals surface area (Å²) in [7, 11) is 0. The Labute approximate surface area is 86.0 Å². The van der Waals surface area contributed by atoms with E-state index in [-0.39, 0.29) is 5.82 Å². The summed E-state index contributed by atoms with van der Waals surface area (Å²) in [5.74, 6) is 1.97. The van der Waals surface area contributed by atoms with Crippen molar-refractivity contribution in [2.24, 2.45) is 0 Å². The van der Waals surface area contributed by atoms with Crippen LogP contribution < -0.4 is 0 Å². The molecule has 1 aromatic carbocycles. The van der Waals surface area contributed by atoms with E-state index >= 15 is 0 Å². The molecule has 0 bridgehead atoms. The van der Waals surface area contributed by atoms with Gasteiger partial charge in [-0.3, -0.25) is 0 Å². The fourth-order valence-corrected chi connectivity index (χ4v) is 1.16. The molecule has 0 aliphatic rings. The zero-order valence-electron chi connectivity index (χ0n) is 7.14. The highest BCUT2D eigenvalue weighted by Crippen LogP contribution is 2.12. The molecule has 0 unspecified atom stereocenters. The highest BCUT2D eigenvalue weighted by Gasteiger charge is 1.97. The van der Waals surface area contributed by atoms with Crippen LogP contribution in [0, 0.1) is 18.2 Å². The molecule has 0 amide bonds. The fourth-order valence-electron chi connectivity index (χ4n) is 0.821. The first kappa shape index (κ1) is 7.81. The van der Waals surface area contributed by atoms with Gasteiger partial charge in [-0.1, -0.05) is 34.6 Å². The van der Waals surface area contributed by atoms with Crippen molar-refractivity contribution in [3.63, 3.8) is 0 Å². The normalized spacial score (nSPS) is 12.1. The molecule has 0 radical (unpaired) electrons. The van der Waals surface area contributed by atoms with Crippen molar-refractivity contribution in [2.45, 2.75) is 0 Å². The number of hydrogen-bond donors (Lipinski definition) is 0. The van der Waals surface area contributed by atoms with Crippen LogP contribution in [-0.4, -0.2) is 0 Å². The van der Waals surface area contributed by atoms with E-state index in [0.29, 0.717) is 17.2 Å². The molecule has 1 aromatic rings. The summed E-state index contributed by atoms with van der Waals surface area (Å²) in [4.78, 5) is 0. The Morgan fingerprint density at radius 3 is 3.00 bits per heavy atom. The van der Waals surface area contributed by atoms with Gasteiger partial charge in [0.25, 0.3) is 0 Å². The van der Waals surface area contributed by atoms with Crippen molar-refractivity contribution in [1.82, 2.24) is 0 Å². The van der Waals surface area contributed by atoms with Crippen molar-refractivity contribution in [2.75, 3.05) is 0 Å². The molecule has 60 valence electrons. The van der Waals surface area contributed by atoms with Crippen molar-refractivity contribution in [3.05, 3.63) is 39.2 Å². The third kappa shape index (κ3) is 2.08. The summed E-state index contributed by atoms with van der Waals surface area (Å²) in [5.41, 5.74) is 0.996. The van der Waals surface area contributed by atoms with Crippen LogP contribution in [0.25, 0.3) is 6.05 Å². The number of benzene rings is 1. The van der Waals surface area contributed by atoms with Gasteiger partial charge >= 0.3 is 0 Å². The first-order chi connectivity index (χ1) is 6.19. The summed E-state index contributed by atoms with van der Waals surface area (Å²) in [5, 5.41) is 0. The van der Waals surface area contributed by atoms with E-state index < -0.39 is 0 Å². The van der Waals surface area contributed by atoms with Crippen LogP contribution in [0.2, 0.25) is 0 Å². The maximum Gasteiger partial charge on any atom is 0.124 e. The first-order valence-corrected chi connectivity index (χ1v) is 4.47. The minimum absolute atomic E-state index is 0.300. The lowest BCUT2D eigenvalue weighted by Gasteiger charge is -1.97. The van der Waals surface area contributed by atoms with Crippen LogP contribution >= 0.6 is 22.6 Å². The molecule has 0 saturated heterocycles. The first-order valence-electron chi connectivity index (χ1n) is 3.72. The zero-order chi connectivity index (χ0) is 9.84. The Balaban J connectivity index is 3.32. The summed E-state index contributed by atoms with van der Waals surface area (Å²) in [6.45, 7) is 0. The molecule has 0 aliphatic carbocycles. The molecule has 0 spiro atoms. The molecule has 1 rings (SSSR count). The second-order valence-corrected chi connectivity index (χ2v) is 2.71. The zero-order valence-corrected chi connectivity index (χ0v) is 8.30. The van der Waals surface area contributed by atoms with Crippen LogP contribution in [0.5, 0.6) is 0 Å². The minimum Gasteiger partial charge on any atom is -0.207 e. The molecule has 2 heteroatoms. The third-order valence-corrected chi connectivity index (χ3v) is 1.66. The van der Waals surface area contributed by atoms with Crippen LogP contribution in [0.4, 0.5) is 4.39 Å². The maximum atomic E-state index is 12.7. The molecule has 0 aromatic heterocycles. The van der Waals surface area contributed by atoms with Gasteiger partial charge in [0.1, 0.15) is 5.82 Å². The molecule has 12 heavy (non-hydrogen) atoms. The van der Waals surface area contributed by atoms with Gasteiger partial charge in [0.15, 0.2) is 0 Å². The van der Waals surface area contributed by atoms with Crippen molar-refractivity contribution < 1.29 is 5.76 Å². The Morgan fingerprint density at radius 1 is 1.67 bits per heavy atom. The van der Waals surface area contributed by atoms with Crippen molar-refractivity contribution in [1.29, 1.82) is 0 Å². The molecule has 0 heterocycles. The number of hydrogen-bond acceptors (Lipinski definition) is 0. The molecule has 0 nitrogen and oxygen atoms in total.